The van der Waals surface area contributed by atoms with Crippen LogP contribution in [0.1, 0.15) is 18.5 Å². The molecule has 0 heterocycles. The zero-order chi connectivity index (χ0) is 10.0. The molecule has 0 amide bonds. The van der Waals surface area contributed by atoms with Crippen molar-refractivity contribution >= 4 is 21.6 Å². The van der Waals surface area contributed by atoms with Crippen LogP contribution in [0.25, 0.3) is 0 Å². The third kappa shape index (κ3) is 2.21. The van der Waals surface area contributed by atoms with Gasteiger partial charge >= 0.3 is 0 Å². The topological polar surface area (TPSA) is 72.3 Å². The van der Waals surface area contributed by atoms with Crippen LogP contribution >= 0.6 is 15.9 Å². The van der Waals surface area contributed by atoms with Gasteiger partial charge in [-0.2, -0.15) is 0 Å². The normalized spacial score (nSPS) is 15.4. The fourth-order valence-corrected chi connectivity index (χ4v) is 1.79. The molecule has 0 saturated carbocycles. The fourth-order valence-electron chi connectivity index (χ4n) is 1.15. The van der Waals surface area contributed by atoms with Crippen LogP contribution in [0.4, 0.5) is 5.69 Å². The van der Waals surface area contributed by atoms with Crippen molar-refractivity contribution in [3.63, 3.8) is 0 Å². The Hall–Kier alpha value is -0.580. The Balaban J connectivity index is 3.12. The number of nitrogens with two attached hydrogens (primary N) is 2. The summed E-state index contributed by atoms with van der Waals surface area (Å²) in [6.45, 7) is 1.64. The average molecular weight is 245 g/mol. The Morgan fingerprint density at radius 1 is 1.46 bits per heavy atom. The molecule has 0 radical (unpaired) electrons. The maximum atomic E-state index is 9.32. The molecule has 0 unspecified atom stereocenters. The van der Waals surface area contributed by atoms with Crippen LogP contribution in [-0.2, 0) is 0 Å². The van der Waals surface area contributed by atoms with Crippen molar-refractivity contribution in [1.29, 1.82) is 0 Å². The minimum absolute atomic E-state index is 0.449. The van der Waals surface area contributed by atoms with E-state index < -0.39 is 12.1 Å². The monoisotopic (exact) mass is 244 g/mol. The lowest BCUT2D eigenvalue weighted by atomic mass is 10.0. The first-order valence-electron chi connectivity index (χ1n) is 4.01. The van der Waals surface area contributed by atoms with Gasteiger partial charge in [0, 0.05) is 15.7 Å². The highest BCUT2D eigenvalue weighted by atomic mass is 79.9. The summed E-state index contributed by atoms with van der Waals surface area (Å²) >= 11 is 3.34. The molecule has 1 aromatic rings. The van der Waals surface area contributed by atoms with Gasteiger partial charge in [-0.15, -0.1) is 0 Å². The van der Waals surface area contributed by atoms with Crippen LogP contribution < -0.4 is 11.5 Å². The number of rotatable bonds is 2. The van der Waals surface area contributed by atoms with E-state index in [1.165, 1.54) is 0 Å². The first-order valence-corrected chi connectivity index (χ1v) is 4.81. The van der Waals surface area contributed by atoms with Crippen molar-refractivity contribution < 1.29 is 5.11 Å². The predicted molar refractivity (Wildman–Crippen MR) is 57.2 cm³/mol. The van der Waals surface area contributed by atoms with E-state index in [4.69, 9.17) is 11.5 Å². The molecular formula is C9H13BrN2O. The van der Waals surface area contributed by atoms with E-state index in [9.17, 15) is 5.11 Å². The van der Waals surface area contributed by atoms with Crippen LogP contribution in [0.15, 0.2) is 22.7 Å². The van der Waals surface area contributed by atoms with Crippen LogP contribution in [0.5, 0.6) is 0 Å². The van der Waals surface area contributed by atoms with Gasteiger partial charge in [-0.05, 0) is 19.1 Å². The summed E-state index contributed by atoms with van der Waals surface area (Å²) in [5.74, 6) is 0. The number of hydrogen-bond donors (Lipinski definition) is 3. The van der Waals surface area contributed by atoms with Crippen molar-refractivity contribution in [3.8, 4) is 0 Å². The quantitative estimate of drug-likeness (QED) is 0.690. The number of halogens is 1. The Labute approximate surface area is 85.9 Å². The van der Waals surface area contributed by atoms with E-state index in [-0.39, 0.29) is 0 Å². The van der Waals surface area contributed by atoms with E-state index in [1.807, 2.05) is 12.1 Å². The molecule has 1 rings (SSSR count). The highest BCUT2D eigenvalue weighted by molar-refractivity contribution is 9.10. The number of aliphatic hydroxyl groups excluding tert-OH is 1. The van der Waals surface area contributed by atoms with E-state index in [1.54, 1.807) is 13.0 Å². The van der Waals surface area contributed by atoms with Gasteiger partial charge in [0.05, 0.1) is 12.1 Å². The van der Waals surface area contributed by atoms with Crippen LogP contribution in [0, 0.1) is 0 Å². The Morgan fingerprint density at radius 2 is 2.08 bits per heavy atom. The third-order valence-corrected chi connectivity index (χ3v) is 2.63. The summed E-state index contributed by atoms with van der Waals surface area (Å²) in [5.41, 5.74) is 12.9. The maximum absolute atomic E-state index is 9.32. The SMILES string of the molecule is C[C@@H](O)[C@H](N)c1c(N)cccc1Br. The molecule has 13 heavy (non-hydrogen) atoms. The van der Waals surface area contributed by atoms with E-state index in [2.05, 4.69) is 15.9 Å². The van der Waals surface area contributed by atoms with E-state index in [0.717, 1.165) is 10.0 Å². The van der Waals surface area contributed by atoms with Gasteiger partial charge in [-0.3, -0.25) is 0 Å². The first-order chi connectivity index (χ1) is 6.04. The molecule has 0 aliphatic rings. The number of anilines is 1. The Kier molecular flexibility index (Phi) is 3.30. The van der Waals surface area contributed by atoms with Gasteiger partial charge in [0.25, 0.3) is 0 Å². The second-order valence-electron chi connectivity index (χ2n) is 3.01. The molecular weight excluding hydrogens is 232 g/mol. The molecule has 5 N–H and O–H groups in total. The smallest absolute Gasteiger partial charge is 0.0705 e. The standard InChI is InChI=1S/C9H13BrN2O/c1-5(13)9(12)8-6(10)3-2-4-7(8)11/h2-5,9,13H,11-12H2,1H3/t5-,9+/m1/s1. The van der Waals surface area contributed by atoms with Gasteiger partial charge in [0.2, 0.25) is 0 Å². The van der Waals surface area contributed by atoms with Crippen LogP contribution in [0.2, 0.25) is 0 Å². The van der Waals surface area contributed by atoms with Gasteiger partial charge in [-0.25, -0.2) is 0 Å². The second-order valence-corrected chi connectivity index (χ2v) is 3.86. The van der Waals surface area contributed by atoms with Gasteiger partial charge < -0.3 is 16.6 Å². The van der Waals surface area contributed by atoms with Crippen molar-refractivity contribution in [2.75, 3.05) is 5.73 Å². The van der Waals surface area contributed by atoms with Crippen molar-refractivity contribution in [2.45, 2.75) is 19.1 Å². The zero-order valence-corrected chi connectivity index (χ0v) is 8.95. The van der Waals surface area contributed by atoms with Gasteiger partial charge in [0.1, 0.15) is 0 Å². The van der Waals surface area contributed by atoms with Crippen molar-refractivity contribution in [2.24, 2.45) is 5.73 Å². The summed E-state index contributed by atoms with van der Waals surface area (Å²) in [6, 6.07) is 5.00. The Morgan fingerprint density at radius 3 is 2.54 bits per heavy atom. The van der Waals surface area contributed by atoms with Gasteiger partial charge in [0.15, 0.2) is 0 Å². The summed E-state index contributed by atoms with van der Waals surface area (Å²) in [6.07, 6.45) is -0.610. The molecule has 0 bridgehead atoms. The molecule has 1 aromatic carbocycles. The summed E-state index contributed by atoms with van der Waals surface area (Å²) < 4.78 is 0.834. The summed E-state index contributed by atoms with van der Waals surface area (Å²) in [7, 11) is 0. The fraction of sp³-hybridized carbons (Fsp3) is 0.333. The maximum Gasteiger partial charge on any atom is 0.0705 e. The molecule has 0 spiro atoms. The molecule has 3 nitrogen and oxygen atoms in total. The lowest BCUT2D eigenvalue weighted by Gasteiger charge is -2.18. The first kappa shape index (κ1) is 10.5. The zero-order valence-electron chi connectivity index (χ0n) is 7.37. The summed E-state index contributed by atoms with van der Waals surface area (Å²) in [4.78, 5) is 0. The van der Waals surface area contributed by atoms with Crippen molar-refractivity contribution in [1.82, 2.24) is 0 Å². The Bertz CT molecular complexity index is 281. The highest BCUT2D eigenvalue weighted by Gasteiger charge is 2.17. The number of nitrogen functional groups attached to an aromatic ring is 1. The molecule has 0 fully saturated rings. The molecule has 4 heteroatoms. The third-order valence-electron chi connectivity index (χ3n) is 1.94. The highest BCUT2D eigenvalue weighted by Crippen LogP contribution is 2.29. The minimum Gasteiger partial charge on any atom is -0.398 e. The molecule has 2 atom stereocenters. The largest absolute Gasteiger partial charge is 0.398 e. The van der Waals surface area contributed by atoms with E-state index >= 15 is 0 Å². The minimum atomic E-state index is -0.610. The lowest BCUT2D eigenvalue weighted by Crippen LogP contribution is -2.24. The average Bonchev–Trinajstić information content (AvgIpc) is 2.03. The molecule has 0 aliphatic carbocycles. The number of hydrogen-bond acceptors (Lipinski definition) is 3. The molecule has 0 aliphatic heterocycles. The lowest BCUT2D eigenvalue weighted by molar-refractivity contribution is 0.164. The predicted octanol–water partition coefficient (Wildman–Crippen LogP) is 1.41. The molecule has 72 valence electrons. The second kappa shape index (κ2) is 4.09. The van der Waals surface area contributed by atoms with Gasteiger partial charge in [-0.1, -0.05) is 22.0 Å². The van der Waals surface area contributed by atoms with Crippen LogP contribution in [-0.4, -0.2) is 11.2 Å². The number of benzene rings is 1. The number of aliphatic hydroxyl groups is 1. The molecule has 0 saturated heterocycles. The van der Waals surface area contributed by atoms with E-state index in [0.29, 0.717) is 5.69 Å². The summed E-state index contributed by atoms with van der Waals surface area (Å²) in [5, 5.41) is 9.32. The molecule has 0 aromatic heterocycles. The van der Waals surface area contributed by atoms with Crippen LogP contribution in [0.3, 0.4) is 0 Å². The van der Waals surface area contributed by atoms with Crippen molar-refractivity contribution in [3.05, 3.63) is 28.2 Å².